The van der Waals surface area contributed by atoms with E-state index in [0.29, 0.717) is 13.0 Å². The van der Waals surface area contributed by atoms with Gasteiger partial charge >= 0.3 is 0 Å². The Kier molecular flexibility index (Phi) is 18.1. The van der Waals surface area contributed by atoms with E-state index in [1.54, 1.807) is 22.5 Å². The molecule has 1 aromatic carbocycles. The summed E-state index contributed by atoms with van der Waals surface area (Å²) in [6.45, 7) is 21.5. The number of nitrogens with zero attached hydrogens (tertiary/aromatic N) is 3. The van der Waals surface area contributed by atoms with Crippen LogP contribution in [0.4, 0.5) is 0 Å². The van der Waals surface area contributed by atoms with Crippen LogP contribution in [0.15, 0.2) is 36.2 Å². The Morgan fingerprint density at radius 3 is 2.34 bits per heavy atom. The predicted octanol–water partition coefficient (Wildman–Crippen LogP) is 6.49. The SMILES string of the molecule is CC.CC.CC.CCC(C)C(=O)/C(N)=C/N(N)C(CCN1CC(O)CC1c1nc2ccccc2s1)C(C)C. The molecule has 218 valence electrons. The summed E-state index contributed by atoms with van der Waals surface area (Å²) >= 11 is 1.70. The summed E-state index contributed by atoms with van der Waals surface area (Å²) in [7, 11) is 0. The van der Waals surface area contributed by atoms with Gasteiger partial charge in [0.15, 0.2) is 5.78 Å². The molecule has 2 aromatic rings. The number of likely N-dealkylation sites (tertiary alicyclic amines) is 1. The molecule has 0 saturated carbocycles. The van der Waals surface area contributed by atoms with Gasteiger partial charge in [-0.3, -0.25) is 9.69 Å². The normalized spacial score (nSPS) is 18.9. The van der Waals surface area contributed by atoms with Gasteiger partial charge in [-0.1, -0.05) is 81.4 Å². The molecule has 4 unspecified atom stereocenters. The lowest BCUT2D eigenvalue weighted by atomic mass is 9.99. The molecule has 1 aliphatic heterocycles. The number of para-hydroxylation sites is 1. The first kappa shape index (κ1) is 36.0. The number of Topliss-reactive ketones (excluding diaryl/α,β-unsaturated/α-hetero) is 1. The van der Waals surface area contributed by atoms with Crippen LogP contribution >= 0.6 is 11.3 Å². The predicted molar refractivity (Wildman–Crippen MR) is 165 cm³/mol. The van der Waals surface area contributed by atoms with Gasteiger partial charge in [-0.25, -0.2) is 10.8 Å². The lowest BCUT2D eigenvalue weighted by Gasteiger charge is -2.32. The second kappa shape index (κ2) is 19.1. The number of hydrogen-bond donors (Lipinski definition) is 3. The van der Waals surface area contributed by atoms with Crippen molar-refractivity contribution in [3.63, 3.8) is 0 Å². The van der Waals surface area contributed by atoms with Gasteiger partial charge < -0.3 is 15.8 Å². The summed E-state index contributed by atoms with van der Waals surface area (Å²) < 4.78 is 1.17. The third-order valence-corrected chi connectivity index (χ3v) is 7.61. The average Bonchev–Trinajstić information content (AvgIpc) is 3.54. The third-order valence-electron chi connectivity index (χ3n) is 6.47. The minimum Gasteiger partial charge on any atom is -0.395 e. The maximum absolute atomic E-state index is 12.4. The monoisotopic (exact) mass is 549 g/mol. The Bertz CT molecular complexity index is 913. The molecule has 5 N–H and O–H groups in total. The molecule has 0 radical (unpaired) electrons. The number of hydrogen-bond acceptors (Lipinski definition) is 8. The van der Waals surface area contributed by atoms with Crippen molar-refractivity contribution < 1.29 is 9.90 Å². The maximum Gasteiger partial charge on any atom is 0.182 e. The van der Waals surface area contributed by atoms with Crippen LogP contribution in [0.1, 0.15) is 99.5 Å². The number of aromatic nitrogens is 1. The fourth-order valence-corrected chi connectivity index (χ4v) is 5.45. The van der Waals surface area contributed by atoms with Crippen molar-refractivity contribution in [3.05, 3.63) is 41.2 Å². The highest BCUT2D eigenvalue weighted by atomic mass is 32.1. The Morgan fingerprint density at radius 2 is 1.79 bits per heavy atom. The fourth-order valence-electron chi connectivity index (χ4n) is 4.33. The Morgan fingerprint density at radius 1 is 1.18 bits per heavy atom. The van der Waals surface area contributed by atoms with Crippen LogP contribution in [-0.4, -0.2) is 51.0 Å². The highest BCUT2D eigenvalue weighted by molar-refractivity contribution is 7.18. The first-order valence-corrected chi connectivity index (χ1v) is 15.3. The number of aliphatic hydroxyl groups excluding tert-OH is 1. The summed E-state index contributed by atoms with van der Waals surface area (Å²) in [6, 6.07) is 8.27. The topological polar surface area (TPSA) is 109 Å². The van der Waals surface area contributed by atoms with Crippen LogP contribution in [0.3, 0.4) is 0 Å². The van der Waals surface area contributed by atoms with Crippen molar-refractivity contribution in [2.24, 2.45) is 23.4 Å². The van der Waals surface area contributed by atoms with Crippen LogP contribution in [0.5, 0.6) is 0 Å². The minimum atomic E-state index is -0.359. The molecule has 0 bridgehead atoms. The van der Waals surface area contributed by atoms with Crippen molar-refractivity contribution in [3.8, 4) is 0 Å². The Labute approximate surface area is 236 Å². The first-order valence-electron chi connectivity index (χ1n) is 14.5. The van der Waals surface area contributed by atoms with Gasteiger partial charge in [-0.15, -0.1) is 11.3 Å². The van der Waals surface area contributed by atoms with E-state index in [1.807, 2.05) is 73.6 Å². The molecule has 1 aromatic heterocycles. The molecular weight excluding hydrogens is 494 g/mol. The van der Waals surface area contributed by atoms with E-state index in [2.05, 4.69) is 24.8 Å². The molecule has 1 aliphatic rings. The first-order chi connectivity index (χ1) is 18.2. The van der Waals surface area contributed by atoms with Gasteiger partial charge in [0.1, 0.15) is 5.01 Å². The zero-order valence-corrected chi connectivity index (χ0v) is 26.4. The summed E-state index contributed by atoms with van der Waals surface area (Å²) in [5.41, 5.74) is 7.26. The van der Waals surface area contributed by atoms with E-state index < -0.39 is 0 Å². The number of aliphatic hydroxyl groups is 1. The van der Waals surface area contributed by atoms with E-state index >= 15 is 0 Å². The van der Waals surface area contributed by atoms with E-state index in [1.165, 1.54) is 4.70 Å². The Hall–Kier alpha value is -2.00. The summed E-state index contributed by atoms with van der Waals surface area (Å²) in [6.07, 6.45) is 3.46. The number of ketones is 1. The molecule has 7 nitrogen and oxygen atoms in total. The molecule has 0 aliphatic carbocycles. The van der Waals surface area contributed by atoms with Crippen LogP contribution in [0.2, 0.25) is 0 Å². The number of nitrogens with two attached hydrogens (primary N) is 2. The maximum atomic E-state index is 12.4. The number of benzene rings is 1. The Balaban J connectivity index is 0.00000213. The van der Waals surface area contributed by atoms with Crippen molar-refractivity contribution in [2.75, 3.05) is 13.1 Å². The third kappa shape index (κ3) is 10.3. The molecule has 0 spiro atoms. The van der Waals surface area contributed by atoms with Gasteiger partial charge in [-0.2, -0.15) is 0 Å². The molecule has 1 fully saturated rings. The second-order valence-electron chi connectivity index (χ2n) is 9.23. The van der Waals surface area contributed by atoms with E-state index in [4.69, 9.17) is 16.6 Å². The zero-order chi connectivity index (χ0) is 29.4. The zero-order valence-electron chi connectivity index (χ0n) is 25.6. The molecule has 4 atom stereocenters. The molecule has 0 amide bonds. The number of allylic oxidation sites excluding steroid dienone is 1. The summed E-state index contributed by atoms with van der Waals surface area (Å²) in [5.74, 6) is 6.45. The van der Waals surface area contributed by atoms with E-state index in [9.17, 15) is 9.90 Å². The number of rotatable bonds is 10. The van der Waals surface area contributed by atoms with Crippen LogP contribution in [-0.2, 0) is 4.79 Å². The van der Waals surface area contributed by atoms with Crippen LogP contribution in [0.25, 0.3) is 10.2 Å². The lowest BCUT2D eigenvalue weighted by molar-refractivity contribution is -0.119. The molecule has 8 heteroatoms. The highest BCUT2D eigenvalue weighted by Crippen LogP contribution is 2.37. The van der Waals surface area contributed by atoms with Gasteiger partial charge in [0.05, 0.1) is 28.1 Å². The second-order valence-corrected chi connectivity index (χ2v) is 10.3. The quantitative estimate of drug-likeness (QED) is 0.177. The molecule has 2 heterocycles. The largest absolute Gasteiger partial charge is 0.395 e. The highest BCUT2D eigenvalue weighted by Gasteiger charge is 2.34. The number of carbonyl (C=O) groups is 1. The molecular formula is C30H55N5O2S. The van der Waals surface area contributed by atoms with Crippen molar-refractivity contribution >= 4 is 27.3 Å². The summed E-state index contributed by atoms with van der Waals surface area (Å²) in [4.78, 5) is 19.5. The smallest absolute Gasteiger partial charge is 0.182 e. The minimum absolute atomic E-state index is 0.0204. The lowest BCUT2D eigenvalue weighted by Crippen LogP contribution is -2.43. The molecule has 1 saturated heterocycles. The van der Waals surface area contributed by atoms with Crippen LogP contribution in [0, 0.1) is 11.8 Å². The molecule has 38 heavy (non-hydrogen) atoms. The standard InChI is InChI=1S/C24H37N5O2S.3C2H6/c1-5-16(4)23(31)18(25)14-29(26)20(15(2)3)10-11-28-13-17(30)12-21(28)24-27-19-8-6-7-9-22(19)32-24;3*1-2/h6-9,14-17,20-21,30H,5,10-13,25-26H2,1-4H3;3*1-2H3/b18-14-;;;. The number of carbonyl (C=O) groups excluding carboxylic acids is 1. The van der Waals surface area contributed by atoms with Gasteiger partial charge in [0.2, 0.25) is 0 Å². The van der Waals surface area contributed by atoms with E-state index in [0.717, 1.165) is 29.9 Å². The van der Waals surface area contributed by atoms with E-state index in [-0.39, 0.29) is 41.5 Å². The van der Waals surface area contributed by atoms with Gasteiger partial charge in [0.25, 0.3) is 0 Å². The van der Waals surface area contributed by atoms with Crippen molar-refractivity contribution in [1.82, 2.24) is 14.9 Å². The number of thiazole rings is 1. The van der Waals surface area contributed by atoms with Crippen molar-refractivity contribution in [2.45, 2.75) is 107 Å². The number of fused-ring (bicyclic) bond motifs is 1. The summed E-state index contributed by atoms with van der Waals surface area (Å²) in [5, 5.41) is 13.0. The van der Waals surface area contributed by atoms with Crippen molar-refractivity contribution in [1.29, 1.82) is 0 Å². The molecule has 3 rings (SSSR count). The fraction of sp³-hybridized carbons (Fsp3) is 0.667. The number of β-amino-alcohol motifs (C(OH)–C–C–N with tert-alkyl or cyclic N) is 1. The average molecular weight is 550 g/mol. The van der Waals surface area contributed by atoms with Crippen LogP contribution < -0.4 is 11.6 Å². The van der Waals surface area contributed by atoms with Gasteiger partial charge in [0, 0.05) is 31.2 Å². The van der Waals surface area contributed by atoms with Gasteiger partial charge in [-0.05, 0) is 37.3 Å². The number of hydrazine groups is 1.